The highest BCUT2D eigenvalue weighted by molar-refractivity contribution is 5.87. The van der Waals surface area contributed by atoms with Crippen LogP contribution in [0.2, 0.25) is 0 Å². The van der Waals surface area contributed by atoms with Crippen molar-refractivity contribution in [3.8, 4) is 0 Å². The van der Waals surface area contributed by atoms with Crippen molar-refractivity contribution in [3.63, 3.8) is 0 Å². The van der Waals surface area contributed by atoms with E-state index in [9.17, 15) is 4.79 Å². The fourth-order valence-corrected chi connectivity index (χ4v) is 3.51. The number of fused-ring (bicyclic) bond motifs is 1. The molecule has 2 aliphatic rings. The number of likely N-dealkylation sites (tertiary alicyclic amines) is 1. The molecule has 1 fully saturated rings. The minimum absolute atomic E-state index is 0.0603. The molecule has 0 bridgehead atoms. The molecule has 0 aliphatic carbocycles. The van der Waals surface area contributed by atoms with Crippen LogP contribution in [0.5, 0.6) is 0 Å². The highest BCUT2D eigenvalue weighted by atomic mass is 16.2. The lowest BCUT2D eigenvalue weighted by molar-refractivity contribution is -0.134. The van der Waals surface area contributed by atoms with E-state index in [1.165, 1.54) is 12.0 Å². The molecule has 2 aliphatic heterocycles. The third-order valence-corrected chi connectivity index (χ3v) is 4.25. The summed E-state index contributed by atoms with van der Waals surface area (Å²) >= 11 is 0. The summed E-state index contributed by atoms with van der Waals surface area (Å²) in [5, 5.41) is 3.37. The summed E-state index contributed by atoms with van der Waals surface area (Å²) in [6.45, 7) is 6.31. The second-order valence-corrected chi connectivity index (χ2v) is 6.25. The van der Waals surface area contributed by atoms with Gasteiger partial charge in [-0.15, -0.1) is 0 Å². The standard InChI is InChI=1S/C16H22N2O/c1-11-7-12(2)10-18(9-11)16(19)15-8-13-5-3-4-6-14(13)17-15/h3-6,11-12,15,17H,7-10H2,1-2H3. The highest BCUT2D eigenvalue weighted by Gasteiger charge is 2.33. The van der Waals surface area contributed by atoms with Crippen LogP contribution >= 0.6 is 0 Å². The summed E-state index contributed by atoms with van der Waals surface area (Å²) in [5.41, 5.74) is 2.39. The fourth-order valence-electron chi connectivity index (χ4n) is 3.51. The quantitative estimate of drug-likeness (QED) is 0.839. The third-order valence-electron chi connectivity index (χ3n) is 4.25. The van der Waals surface area contributed by atoms with E-state index >= 15 is 0 Å². The van der Waals surface area contributed by atoms with Gasteiger partial charge in [-0.25, -0.2) is 0 Å². The van der Waals surface area contributed by atoms with Gasteiger partial charge >= 0.3 is 0 Å². The topological polar surface area (TPSA) is 32.3 Å². The normalized spacial score (nSPS) is 29.8. The molecule has 2 heterocycles. The number of rotatable bonds is 1. The SMILES string of the molecule is CC1CC(C)CN(C(=O)C2Cc3ccccc3N2)C1. The van der Waals surface area contributed by atoms with Crippen LogP contribution in [0, 0.1) is 11.8 Å². The van der Waals surface area contributed by atoms with E-state index in [-0.39, 0.29) is 11.9 Å². The lowest BCUT2D eigenvalue weighted by Gasteiger charge is -2.36. The van der Waals surface area contributed by atoms with Crippen LogP contribution in [0.4, 0.5) is 5.69 Å². The summed E-state index contributed by atoms with van der Waals surface area (Å²) < 4.78 is 0. The molecule has 19 heavy (non-hydrogen) atoms. The van der Waals surface area contributed by atoms with E-state index in [0.717, 1.165) is 25.2 Å². The molecule has 1 amide bonds. The molecule has 102 valence electrons. The summed E-state index contributed by atoms with van der Waals surface area (Å²) in [6.07, 6.45) is 2.07. The largest absolute Gasteiger partial charge is 0.373 e. The number of nitrogens with zero attached hydrogens (tertiary/aromatic N) is 1. The molecular weight excluding hydrogens is 236 g/mol. The number of nitrogens with one attached hydrogen (secondary N) is 1. The van der Waals surface area contributed by atoms with Gasteiger partial charge in [0.05, 0.1) is 0 Å². The van der Waals surface area contributed by atoms with Gasteiger partial charge in [-0.1, -0.05) is 32.0 Å². The van der Waals surface area contributed by atoms with Crippen LogP contribution in [0.15, 0.2) is 24.3 Å². The molecule has 0 spiro atoms. The van der Waals surface area contributed by atoms with Crippen LogP contribution in [-0.2, 0) is 11.2 Å². The molecule has 3 nitrogen and oxygen atoms in total. The van der Waals surface area contributed by atoms with Gasteiger partial charge in [-0.05, 0) is 29.9 Å². The molecule has 3 atom stereocenters. The summed E-state index contributed by atoms with van der Waals surface area (Å²) in [7, 11) is 0. The zero-order chi connectivity index (χ0) is 13.4. The summed E-state index contributed by atoms with van der Waals surface area (Å²) in [6, 6.07) is 8.17. The number of para-hydroxylation sites is 1. The minimum Gasteiger partial charge on any atom is -0.373 e. The molecule has 3 heteroatoms. The zero-order valence-corrected chi connectivity index (χ0v) is 11.7. The number of hydrogen-bond donors (Lipinski definition) is 1. The van der Waals surface area contributed by atoms with Crippen molar-refractivity contribution in [2.45, 2.75) is 32.7 Å². The number of carbonyl (C=O) groups is 1. The molecule has 1 saturated heterocycles. The van der Waals surface area contributed by atoms with Gasteiger partial charge in [0, 0.05) is 25.2 Å². The van der Waals surface area contributed by atoms with Crippen molar-refractivity contribution in [1.29, 1.82) is 0 Å². The predicted molar refractivity (Wildman–Crippen MR) is 77.1 cm³/mol. The van der Waals surface area contributed by atoms with E-state index in [1.807, 2.05) is 12.1 Å². The Bertz CT molecular complexity index is 450. The molecule has 1 aromatic rings. The smallest absolute Gasteiger partial charge is 0.245 e. The van der Waals surface area contributed by atoms with Crippen molar-refractivity contribution >= 4 is 11.6 Å². The van der Waals surface area contributed by atoms with Crippen molar-refractivity contribution in [1.82, 2.24) is 4.90 Å². The second kappa shape index (κ2) is 4.87. The minimum atomic E-state index is -0.0603. The molecule has 0 aromatic heterocycles. The number of hydrogen-bond acceptors (Lipinski definition) is 2. The average Bonchev–Trinajstić information content (AvgIpc) is 2.80. The summed E-state index contributed by atoms with van der Waals surface area (Å²) in [4.78, 5) is 14.7. The van der Waals surface area contributed by atoms with E-state index in [4.69, 9.17) is 0 Å². The number of benzene rings is 1. The van der Waals surface area contributed by atoms with Gasteiger partial charge in [-0.2, -0.15) is 0 Å². The first-order chi connectivity index (χ1) is 9.13. The highest BCUT2D eigenvalue weighted by Crippen LogP contribution is 2.28. The van der Waals surface area contributed by atoms with Gasteiger partial charge in [0.15, 0.2) is 0 Å². The zero-order valence-electron chi connectivity index (χ0n) is 11.7. The number of piperidine rings is 1. The Kier molecular flexibility index (Phi) is 3.21. The Balaban J connectivity index is 1.69. The lowest BCUT2D eigenvalue weighted by atomic mass is 9.91. The molecule has 0 radical (unpaired) electrons. The van der Waals surface area contributed by atoms with Gasteiger partial charge in [0.1, 0.15) is 6.04 Å². The van der Waals surface area contributed by atoms with Crippen LogP contribution in [0.1, 0.15) is 25.8 Å². The molecule has 3 unspecified atom stereocenters. The predicted octanol–water partition coefficient (Wildman–Crippen LogP) is 2.53. The first-order valence-corrected chi connectivity index (χ1v) is 7.26. The average molecular weight is 258 g/mol. The lowest BCUT2D eigenvalue weighted by Crippen LogP contribution is -2.48. The van der Waals surface area contributed by atoms with Crippen LogP contribution in [0.25, 0.3) is 0 Å². The second-order valence-electron chi connectivity index (χ2n) is 6.25. The van der Waals surface area contributed by atoms with Crippen LogP contribution in [0.3, 0.4) is 0 Å². The van der Waals surface area contributed by atoms with Crippen molar-refractivity contribution in [2.24, 2.45) is 11.8 Å². The Morgan fingerprint density at radius 3 is 2.58 bits per heavy atom. The number of carbonyl (C=O) groups excluding carboxylic acids is 1. The Labute approximate surface area is 115 Å². The Morgan fingerprint density at radius 1 is 1.21 bits per heavy atom. The van der Waals surface area contributed by atoms with E-state index in [1.54, 1.807) is 0 Å². The van der Waals surface area contributed by atoms with Gasteiger partial charge in [0.2, 0.25) is 5.91 Å². The monoisotopic (exact) mass is 258 g/mol. The van der Waals surface area contributed by atoms with E-state index < -0.39 is 0 Å². The van der Waals surface area contributed by atoms with Gasteiger partial charge in [-0.3, -0.25) is 4.79 Å². The van der Waals surface area contributed by atoms with Crippen molar-refractivity contribution < 1.29 is 4.79 Å². The van der Waals surface area contributed by atoms with E-state index in [2.05, 4.69) is 36.2 Å². The molecule has 0 saturated carbocycles. The van der Waals surface area contributed by atoms with Crippen LogP contribution in [-0.4, -0.2) is 29.9 Å². The third kappa shape index (κ3) is 2.46. The van der Waals surface area contributed by atoms with Gasteiger partial charge < -0.3 is 10.2 Å². The molecule has 3 rings (SSSR count). The fraction of sp³-hybridized carbons (Fsp3) is 0.562. The first-order valence-electron chi connectivity index (χ1n) is 7.26. The number of anilines is 1. The van der Waals surface area contributed by atoms with Crippen molar-refractivity contribution in [2.75, 3.05) is 18.4 Å². The maximum atomic E-state index is 12.6. The van der Waals surface area contributed by atoms with Crippen molar-refractivity contribution in [3.05, 3.63) is 29.8 Å². The maximum absolute atomic E-state index is 12.6. The van der Waals surface area contributed by atoms with Crippen LogP contribution < -0.4 is 5.32 Å². The van der Waals surface area contributed by atoms with Gasteiger partial charge in [0.25, 0.3) is 0 Å². The first kappa shape index (κ1) is 12.5. The Hall–Kier alpha value is -1.51. The molecular formula is C16H22N2O. The maximum Gasteiger partial charge on any atom is 0.245 e. The van der Waals surface area contributed by atoms with E-state index in [0.29, 0.717) is 11.8 Å². The molecule has 1 N–H and O–H groups in total. The summed E-state index contributed by atoms with van der Waals surface area (Å²) in [5.74, 6) is 1.52. The molecule has 1 aromatic carbocycles. The Morgan fingerprint density at radius 2 is 1.89 bits per heavy atom. The number of amides is 1.